The van der Waals surface area contributed by atoms with Crippen LogP contribution in [0.5, 0.6) is 5.88 Å². The molecule has 0 fully saturated rings. The summed E-state index contributed by atoms with van der Waals surface area (Å²) in [7, 11) is 0. The molecule has 1 aliphatic heterocycles. The van der Waals surface area contributed by atoms with Gasteiger partial charge in [0.1, 0.15) is 12.3 Å². The molecule has 134 valence electrons. The summed E-state index contributed by atoms with van der Waals surface area (Å²) in [6.45, 7) is 3.47. The lowest BCUT2D eigenvalue weighted by Gasteiger charge is -2.21. The number of fused-ring (bicyclic) bond motifs is 2. The molecule has 0 amide bonds. The minimum atomic E-state index is 0.138. The van der Waals surface area contributed by atoms with E-state index in [1.807, 2.05) is 18.3 Å². The van der Waals surface area contributed by atoms with E-state index in [1.165, 1.54) is 0 Å². The molecule has 0 unspecified atom stereocenters. The van der Waals surface area contributed by atoms with Crippen LogP contribution in [-0.4, -0.2) is 34.1 Å². The number of allylic oxidation sites excluding steroid dienone is 1. The zero-order valence-corrected chi connectivity index (χ0v) is 14.9. The van der Waals surface area contributed by atoms with E-state index in [2.05, 4.69) is 39.6 Å². The summed E-state index contributed by atoms with van der Waals surface area (Å²) in [5.74, 6) is 0.790. The van der Waals surface area contributed by atoms with Gasteiger partial charge in [-0.25, -0.2) is 4.98 Å². The third-order valence-electron chi connectivity index (χ3n) is 5.14. The summed E-state index contributed by atoms with van der Waals surface area (Å²) in [4.78, 5) is 17.0. The van der Waals surface area contributed by atoms with Crippen LogP contribution in [0, 0.1) is 6.92 Å². The van der Waals surface area contributed by atoms with Crippen LogP contribution in [0.3, 0.4) is 0 Å². The molecule has 3 aromatic rings. The number of benzene rings is 1. The van der Waals surface area contributed by atoms with Gasteiger partial charge in [-0.15, -0.1) is 0 Å². The predicted molar refractivity (Wildman–Crippen MR) is 104 cm³/mol. The second-order valence-corrected chi connectivity index (χ2v) is 6.81. The van der Waals surface area contributed by atoms with Crippen LogP contribution in [0.15, 0.2) is 36.8 Å². The van der Waals surface area contributed by atoms with Crippen LogP contribution >= 0.6 is 0 Å². The van der Waals surface area contributed by atoms with Gasteiger partial charge in [0.25, 0.3) is 0 Å². The summed E-state index contributed by atoms with van der Waals surface area (Å²) >= 11 is 0. The van der Waals surface area contributed by atoms with Crippen molar-refractivity contribution in [2.75, 3.05) is 18.5 Å². The standard InChI is InChI=1S/C21H18N4O2/c1-12-18(11-23-21-20(12)22-4-5-27-21)14-2-3-15-8-19(26)17(16(15)7-14)6-13-9-24-25-10-13/h2-3,6-7,9-11,22H,4-5,8H2,1H3,(H,24,25)/b17-6-. The fourth-order valence-corrected chi connectivity index (χ4v) is 3.74. The van der Waals surface area contributed by atoms with Crippen LogP contribution in [0.4, 0.5) is 5.69 Å². The number of hydrogen-bond acceptors (Lipinski definition) is 5. The number of ether oxygens (including phenoxy) is 1. The number of ketones is 1. The average Bonchev–Trinajstić information content (AvgIpc) is 3.31. The summed E-state index contributed by atoms with van der Waals surface area (Å²) in [6.07, 6.45) is 7.68. The highest BCUT2D eigenvalue weighted by molar-refractivity contribution is 6.29. The van der Waals surface area contributed by atoms with Crippen molar-refractivity contribution in [1.29, 1.82) is 0 Å². The van der Waals surface area contributed by atoms with Crippen LogP contribution < -0.4 is 10.1 Å². The fraction of sp³-hybridized carbons (Fsp3) is 0.190. The normalized spacial score (nSPS) is 16.6. The number of H-pyrrole nitrogens is 1. The quantitative estimate of drug-likeness (QED) is 0.688. The molecule has 1 aromatic carbocycles. The number of pyridine rings is 1. The molecule has 0 saturated heterocycles. The van der Waals surface area contributed by atoms with Gasteiger partial charge in [0, 0.05) is 42.1 Å². The lowest BCUT2D eigenvalue weighted by molar-refractivity contribution is -0.112. The minimum Gasteiger partial charge on any atom is -0.474 e. The number of Topliss-reactive ketones (excluding diaryl/α,β-unsaturated/α-hetero) is 1. The fourth-order valence-electron chi connectivity index (χ4n) is 3.74. The number of anilines is 1. The van der Waals surface area contributed by atoms with Gasteiger partial charge < -0.3 is 10.1 Å². The molecule has 0 bridgehead atoms. The van der Waals surface area contributed by atoms with E-state index in [9.17, 15) is 4.79 Å². The van der Waals surface area contributed by atoms with E-state index in [-0.39, 0.29) is 5.78 Å². The number of aromatic nitrogens is 3. The lowest BCUT2D eigenvalue weighted by Crippen LogP contribution is -2.20. The van der Waals surface area contributed by atoms with Gasteiger partial charge in [0.2, 0.25) is 5.88 Å². The van der Waals surface area contributed by atoms with Crippen LogP contribution in [-0.2, 0) is 11.2 Å². The second kappa shape index (κ2) is 6.09. The Morgan fingerprint density at radius 1 is 1.22 bits per heavy atom. The van der Waals surface area contributed by atoms with Crippen molar-refractivity contribution in [3.8, 4) is 17.0 Å². The number of aromatic amines is 1. The molecule has 6 heteroatoms. The van der Waals surface area contributed by atoms with E-state index >= 15 is 0 Å². The molecular formula is C21H18N4O2. The first-order valence-corrected chi connectivity index (χ1v) is 8.94. The molecule has 0 radical (unpaired) electrons. The Labute approximate surface area is 156 Å². The van der Waals surface area contributed by atoms with Gasteiger partial charge in [0.05, 0.1) is 6.20 Å². The zero-order chi connectivity index (χ0) is 18.4. The van der Waals surface area contributed by atoms with Gasteiger partial charge in [-0.1, -0.05) is 12.1 Å². The number of hydrogen-bond donors (Lipinski definition) is 2. The van der Waals surface area contributed by atoms with Crippen molar-refractivity contribution in [2.24, 2.45) is 0 Å². The number of carbonyl (C=O) groups excluding carboxylic acids is 1. The average molecular weight is 358 g/mol. The molecule has 3 heterocycles. The molecule has 0 saturated carbocycles. The van der Waals surface area contributed by atoms with E-state index in [0.717, 1.165) is 51.2 Å². The largest absolute Gasteiger partial charge is 0.474 e. The van der Waals surface area contributed by atoms with Crippen molar-refractivity contribution in [1.82, 2.24) is 15.2 Å². The lowest BCUT2D eigenvalue weighted by atomic mass is 9.96. The highest BCUT2D eigenvalue weighted by Gasteiger charge is 2.26. The Bertz CT molecular complexity index is 1080. The van der Waals surface area contributed by atoms with Gasteiger partial charge in [-0.3, -0.25) is 9.89 Å². The predicted octanol–water partition coefficient (Wildman–Crippen LogP) is 3.25. The Morgan fingerprint density at radius 2 is 2.15 bits per heavy atom. The molecule has 5 rings (SSSR count). The molecule has 0 spiro atoms. The van der Waals surface area contributed by atoms with E-state index in [1.54, 1.807) is 12.4 Å². The van der Waals surface area contributed by atoms with E-state index in [4.69, 9.17) is 4.74 Å². The van der Waals surface area contributed by atoms with E-state index < -0.39 is 0 Å². The highest BCUT2D eigenvalue weighted by Crippen LogP contribution is 2.38. The first-order valence-electron chi connectivity index (χ1n) is 8.94. The van der Waals surface area contributed by atoms with Gasteiger partial charge in [-0.2, -0.15) is 5.10 Å². The second-order valence-electron chi connectivity index (χ2n) is 6.81. The number of nitrogens with zero attached hydrogens (tertiary/aromatic N) is 2. The van der Waals surface area contributed by atoms with Crippen molar-refractivity contribution in [2.45, 2.75) is 13.3 Å². The van der Waals surface area contributed by atoms with Crippen LogP contribution in [0.25, 0.3) is 22.8 Å². The van der Waals surface area contributed by atoms with Crippen molar-refractivity contribution in [3.05, 3.63) is 59.0 Å². The Kier molecular flexibility index (Phi) is 3.57. The van der Waals surface area contributed by atoms with Gasteiger partial charge in [0.15, 0.2) is 5.78 Å². The minimum absolute atomic E-state index is 0.138. The molecule has 0 atom stereocenters. The first kappa shape index (κ1) is 15.8. The van der Waals surface area contributed by atoms with Gasteiger partial charge in [-0.05, 0) is 41.3 Å². The number of carbonyl (C=O) groups is 1. The molecular weight excluding hydrogens is 340 g/mol. The van der Waals surface area contributed by atoms with Crippen molar-refractivity contribution in [3.63, 3.8) is 0 Å². The summed E-state index contributed by atoms with van der Waals surface area (Å²) < 4.78 is 5.62. The van der Waals surface area contributed by atoms with Gasteiger partial charge >= 0.3 is 0 Å². The molecule has 2 aliphatic rings. The highest BCUT2D eigenvalue weighted by atomic mass is 16.5. The third-order valence-corrected chi connectivity index (χ3v) is 5.14. The Hall–Kier alpha value is -3.41. The Morgan fingerprint density at radius 3 is 3.00 bits per heavy atom. The molecule has 6 nitrogen and oxygen atoms in total. The Balaban J connectivity index is 1.61. The topological polar surface area (TPSA) is 79.9 Å². The monoisotopic (exact) mass is 358 g/mol. The van der Waals surface area contributed by atoms with Crippen LogP contribution in [0.1, 0.15) is 22.3 Å². The first-order chi connectivity index (χ1) is 13.2. The molecule has 1 aliphatic carbocycles. The van der Waals surface area contributed by atoms with Crippen LogP contribution in [0.2, 0.25) is 0 Å². The summed E-state index contributed by atoms with van der Waals surface area (Å²) in [6, 6.07) is 6.20. The summed E-state index contributed by atoms with van der Waals surface area (Å²) in [5.41, 5.74) is 7.80. The maximum absolute atomic E-state index is 12.5. The third kappa shape index (κ3) is 2.61. The number of rotatable bonds is 2. The SMILES string of the molecule is Cc1c(-c2ccc3c(c2)/C(=C/c2cn[nH]c2)C(=O)C3)cnc2c1NCCO2. The summed E-state index contributed by atoms with van der Waals surface area (Å²) in [5, 5.41) is 10.1. The molecule has 27 heavy (non-hydrogen) atoms. The van der Waals surface area contributed by atoms with Crippen molar-refractivity contribution >= 4 is 23.1 Å². The number of nitrogens with one attached hydrogen (secondary N) is 2. The maximum atomic E-state index is 12.5. The van der Waals surface area contributed by atoms with Crippen molar-refractivity contribution < 1.29 is 9.53 Å². The molecule has 2 N–H and O–H groups in total. The maximum Gasteiger partial charge on any atom is 0.237 e. The smallest absolute Gasteiger partial charge is 0.237 e. The molecule has 2 aromatic heterocycles. The van der Waals surface area contributed by atoms with E-state index in [0.29, 0.717) is 18.9 Å². The zero-order valence-electron chi connectivity index (χ0n) is 14.9.